The van der Waals surface area contributed by atoms with Crippen molar-refractivity contribution in [3.05, 3.63) is 47.5 Å². The molecule has 0 radical (unpaired) electrons. The Bertz CT molecular complexity index is 963. The number of amides is 2. The average Bonchev–Trinajstić information content (AvgIpc) is 2.99. The van der Waals surface area contributed by atoms with Crippen molar-refractivity contribution in [2.24, 2.45) is 5.92 Å². The van der Waals surface area contributed by atoms with Gasteiger partial charge in [-0.15, -0.1) is 0 Å². The van der Waals surface area contributed by atoms with Crippen LogP contribution in [0, 0.1) is 12.8 Å². The molecule has 0 aromatic carbocycles. The van der Waals surface area contributed by atoms with Crippen LogP contribution in [-0.2, 0) is 17.8 Å². The van der Waals surface area contributed by atoms with Crippen LogP contribution >= 0.6 is 11.8 Å². The average molecular weight is 441 g/mol. The molecular formula is C22H28N6O2S. The molecule has 2 aromatic rings. The number of aryl methyl sites for hydroxylation is 1. The van der Waals surface area contributed by atoms with Crippen molar-refractivity contribution in [2.45, 2.75) is 44.4 Å². The Morgan fingerprint density at radius 3 is 2.71 bits per heavy atom. The zero-order valence-electron chi connectivity index (χ0n) is 17.9. The first kappa shape index (κ1) is 21.7. The second kappa shape index (κ2) is 9.32. The van der Waals surface area contributed by atoms with Gasteiger partial charge in [0.15, 0.2) is 0 Å². The van der Waals surface area contributed by atoms with Crippen LogP contribution < -0.4 is 15.5 Å². The van der Waals surface area contributed by atoms with Gasteiger partial charge in [-0.25, -0.2) is 9.97 Å². The fourth-order valence-electron chi connectivity index (χ4n) is 4.04. The first-order valence-electron chi connectivity index (χ1n) is 10.7. The zero-order chi connectivity index (χ0) is 21.8. The molecule has 2 amide bonds. The molecule has 0 aliphatic carbocycles. The van der Waals surface area contributed by atoms with Crippen LogP contribution in [0.1, 0.15) is 36.8 Å². The summed E-state index contributed by atoms with van der Waals surface area (Å²) >= 11 is 1.03. The maximum atomic E-state index is 12.1. The predicted octanol–water partition coefficient (Wildman–Crippen LogP) is 2.47. The summed E-state index contributed by atoms with van der Waals surface area (Å²) in [5.41, 5.74) is 2.90. The number of hydrogen-bond acceptors (Lipinski definition) is 8. The molecule has 2 saturated heterocycles. The van der Waals surface area contributed by atoms with Gasteiger partial charge in [0.25, 0.3) is 5.24 Å². The van der Waals surface area contributed by atoms with Crippen molar-refractivity contribution in [2.75, 3.05) is 24.5 Å². The van der Waals surface area contributed by atoms with E-state index in [1.807, 2.05) is 25.1 Å². The van der Waals surface area contributed by atoms with E-state index < -0.39 is 4.75 Å². The second-order valence-electron chi connectivity index (χ2n) is 8.43. The van der Waals surface area contributed by atoms with E-state index >= 15 is 0 Å². The number of nitrogens with one attached hydrogen (secondary N) is 2. The van der Waals surface area contributed by atoms with Gasteiger partial charge in [0, 0.05) is 43.6 Å². The molecular weight excluding hydrogens is 412 g/mol. The number of anilines is 1. The molecule has 0 bridgehead atoms. The van der Waals surface area contributed by atoms with Crippen LogP contribution in [0.4, 0.5) is 10.7 Å². The van der Waals surface area contributed by atoms with Crippen LogP contribution in [0.3, 0.4) is 0 Å². The summed E-state index contributed by atoms with van der Waals surface area (Å²) in [4.78, 5) is 39.5. The largest absolute Gasteiger partial charge is 0.341 e. The molecule has 1 unspecified atom stereocenters. The van der Waals surface area contributed by atoms with Gasteiger partial charge in [0.1, 0.15) is 4.75 Å². The molecule has 2 fully saturated rings. The van der Waals surface area contributed by atoms with Crippen molar-refractivity contribution in [1.82, 2.24) is 25.6 Å². The van der Waals surface area contributed by atoms with E-state index in [0.717, 1.165) is 67.9 Å². The van der Waals surface area contributed by atoms with Gasteiger partial charge < -0.3 is 10.2 Å². The fourth-order valence-corrected chi connectivity index (χ4v) is 4.95. The van der Waals surface area contributed by atoms with Gasteiger partial charge in [-0.1, -0.05) is 6.07 Å². The molecule has 4 rings (SSSR count). The van der Waals surface area contributed by atoms with Gasteiger partial charge in [0.2, 0.25) is 11.9 Å². The lowest BCUT2D eigenvalue weighted by atomic mass is 9.97. The first-order valence-corrected chi connectivity index (χ1v) is 11.5. The number of carbonyl (C=O) groups excluding carboxylic acids is 2. The minimum absolute atomic E-state index is 0.253. The highest BCUT2D eigenvalue weighted by molar-refractivity contribution is 8.16. The van der Waals surface area contributed by atoms with Gasteiger partial charge in [0.05, 0.1) is 5.69 Å². The van der Waals surface area contributed by atoms with E-state index in [1.54, 1.807) is 13.1 Å². The summed E-state index contributed by atoms with van der Waals surface area (Å²) in [6.45, 7) is 7.37. The highest BCUT2D eigenvalue weighted by atomic mass is 32.2. The quantitative estimate of drug-likeness (QED) is 0.677. The molecule has 2 aliphatic heterocycles. The third-order valence-electron chi connectivity index (χ3n) is 5.82. The van der Waals surface area contributed by atoms with Crippen LogP contribution in [0.25, 0.3) is 0 Å². The maximum absolute atomic E-state index is 12.1. The molecule has 2 N–H and O–H groups in total. The number of rotatable bonds is 7. The Morgan fingerprint density at radius 2 is 2.00 bits per heavy atom. The third kappa shape index (κ3) is 5.40. The maximum Gasteiger partial charge on any atom is 0.286 e. The molecule has 1 atom stereocenters. The number of piperidine rings is 1. The van der Waals surface area contributed by atoms with Crippen LogP contribution in [0.5, 0.6) is 0 Å². The molecule has 0 spiro atoms. The van der Waals surface area contributed by atoms with Crippen LogP contribution in [0.15, 0.2) is 30.5 Å². The molecule has 164 valence electrons. The van der Waals surface area contributed by atoms with Crippen molar-refractivity contribution >= 4 is 28.9 Å². The Balaban J connectivity index is 1.27. The van der Waals surface area contributed by atoms with Crippen LogP contribution in [-0.4, -0.2) is 50.5 Å². The van der Waals surface area contributed by atoms with Crippen molar-refractivity contribution in [1.29, 1.82) is 0 Å². The van der Waals surface area contributed by atoms with Crippen molar-refractivity contribution in [3.63, 3.8) is 0 Å². The Kier molecular flexibility index (Phi) is 6.52. The minimum atomic E-state index is -0.812. The lowest BCUT2D eigenvalue weighted by molar-refractivity contribution is -0.121. The summed E-state index contributed by atoms with van der Waals surface area (Å²) in [7, 11) is 0. The fraction of sp³-hybridized carbons (Fsp3) is 0.500. The second-order valence-corrected chi connectivity index (χ2v) is 9.91. The summed E-state index contributed by atoms with van der Waals surface area (Å²) in [5.74, 6) is 1.07. The van der Waals surface area contributed by atoms with E-state index in [9.17, 15) is 9.59 Å². The van der Waals surface area contributed by atoms with E-state index in [1.165, 1.54) is 0 Å². The molecule has 4 heterocycles. The molecule has 31 heavy (non-hydrogen) atoms. The zero-order valence-corrected chi connectivity index (χ0v) is 18.7. The lowest BCUT2D eigenvalue weighted by Gasteiger charge is -2.32. The Labute approximate surface area is 186 Å². The summed E-state index contributed by atoms with van der Waals surface area (Å²) in [6, 6.07) is 7.93. The van der Waals surface area contributed by atoms with E-state index in [0.29, 0.717) is 18.3 Å². The Hall–Kier alpha value is -2.52. The molecule has 2 aromatic heterocycles. The monoisotopic (exact) mass is 440 g/mol. The SMILES string of the molecule is Cc1cccc(CNCC2CCN(c3nccc(CC4(C)SC(=O)NC4=O)n3)CC2)n1. The highest BCUT2D eigenvalue weighted by Crippen LogP contribution is 2.34. The van der Waals surface area contributed by atoms with Gasteiger partial charge in [-0.05, 0) is 69.1 Å². The van der Waals surface area contributed by atoms with Crippen molar-refractivity contribution < 1.29 is 9.59 Å². The van der Waals surface area contributed by atoms with Crippen molar-refractivity contribution in [3.8, 4) is 0 Å². The van der Waals surface area contributed by atoms with Gasteiger partial charge >= 0.3 is 0 Å². The molecule has 2 aliphatic rings. The number of carbonyl (C=O) groups is 2. The molecule has 9 heteroatoms. The lowest BCUT2D eigenvalue weighted by Crippen LogP contribution is -2.38. The first-order chi connectivity index (χ1) is 14.9. The van der Waals surface area contributed by atoms with E-state index in [-0.39, 0.29) is 11.1 Å². The number of pyridine rings is 1. The minimum Gasteiger partial charge on any atom is -0.341 e. The van der Waals surface area contributed by atoms with E-state index in [4.69, 9.17) is 0 Å². The highest BCUT2D eigenvalue weighted by Gasteiger charge is 2.44. The molecule has 8 nitrogen and oxygen atoms in total. The number of aromatic nitrogens is 3. The number of thioether (sulfide) groups is 1. The molecule has 0 saturated carbocycles. The predicted molar refractivity (Wildman–Crippen MR) is 121 cm³/mol. The summed E-state index contributed by atoms with van der Waals surface area (Å²) in [5, 5.41) is 5.60. The van der Waals surface area contributed by atoms with Crippen LogP contribution in [0.2, 0.25) is 0 Å². The third-order valence-corrected chi connectivity index (χ3v) is 6.88. The Morgan fingerprint density at radius 1 is 1.19 bits per heavy atom. The standard InChI is InChI=1S/C22H28N6O2S/c1-15-4-3-5-18(25-15)14-23-13-16-7-10-28(11-8-16)20-24-9-6-17(26-20)12-22(2)19(29)27-21(30)31-22/h3-6,9,16,23H,7-8,10-14H2,1-2H3,(H,27,29,30). The summed E-state index contributed by atoms with van der Waals surface area (Å²) in [6.07, 6.45) is 4.29. The topological polar surface area (TPSA) is 100 Å². The smallest absolute Gasteiger partial charge is 0.286 e. The number of imide groups is 1. The summed E-state index contributed by atoms with van der Waals surface area (Å²) < 4.78 is -0.812. The van der Waals surface area contributed by atoms with Gasteiger partial charge in [-0.3, -0.25) is 19.9 Å². The number of hydrogen-bond donors (Lipinski definition) is 2. The number of nitrogens with zero attached hydrogens (tertiary/aromatic N) is 4. The van der Waals surface area contributed by atoms with Gasteiger partial charge in [-0.2, -0.15) is 0 Å². The normalized spacial score (nSPS) is 22.1. The van der Waals surface area contributed by atoms with E-state index in [2.05, 4.69) is 36.6 Å².